The maximum Gasteiger partial charge on any atom is 0.252 e. The molecule has 1 aromatic carbocycles. The van der Waals surface area contributed by atoms with Crippen molar-refractivity contribution in [2.45, 2.75) is 31.7 Å². The highest BCUT2D eigenvalue weighted by Gasteiger charge is 2.32. The Morgan fingerprint density at radius 3 is 2.91 bits per heavy atom. The SMILES string of the molecule is CC1(NC(=O)CF)C=CC2=C(CN(c3ncc(Cc4ccc(-n5cccn5)cc4)s3)CC2)C1. The van der Waals surface area contributed by atoms with Gasteiger partial charge in [0.15, 0.2) is 11.8 Å². The van der Waals surface area contributed by atoms with Gasteiger partial charge in [-0.2, -0.15) is 5.10 Å². The molecule has 1 amide bonds. The molecular weight excluding hydrogens is 437 g/mol. The standard InChI is InChI=1S/C25H26FN5OS/c1-25(29-23(32)15-26)9-7-19-8-12-30(17-20(19)14-25)24-27-16-22(33-24)13-18-3-5-21(6-4-18)31-11-2-10-28-31/h2-7,9-11,16H,8,12-15,17H2,1H3,(H,29,32). The van der Waals surface area contributed by atoms with E-state index in [-0.39, 0.29) is 0 Å². The molecule has 0 saturated heterocycles. The summed E-state index contributed by atoms with van der Waals surface area (Å²) in [4.78, 5) is 19.8. The van der Waals surface area contributed by atoms with Gasteiger partial charge in [0.05, 0.1) is 11.2 Å². The molecule has 2 aromatic heterocycles. The molecule has 1 aliphatic heterocycles. The van der Waals surface area contributed by atoms with E-state index in [1.807, 2.05) is 36.1 Å². The molecule has 170 valence electrons. The monoisotopic (exact) mass is 463 g/mol. The third kappa shape index (κ3) is 4.75. The molecule has 0 spiro atoms. The zero-order chi connectivity index (χ0) is 22.8. The molecule has 1 atom stereocenters. The molecule has 5 rings (SSSR count). The second-order valence-corrected chi connectivity index (χ2v) is 9.91. The maximum atomic E-state index is 12.7. The van der Waals surface area contributed by atoms with Crippen molar-refractivity contribution in [1.82, 2.24) is 20.1 Å². The summed E-state index contributed by atoms with van der Waals surface area (Å²) in [5.41, 5.74) is 4.36. The van der Waals surface area contributed by atoms with Crippen LogP contribution in [0.1, 0.15) is 30.2 Å². The Hall–Kier alpha value is -3.26. The summed E-state index contributed by atoms with van der Waals surface area (Å²) < 4.78 is 14.6. The van der Waals surface area contributed by atoms with Crippen LogP contribution in [0.3, 0.4) is 0 Å². The number of halogens is 1. The van der Waals surface area contributed by atoms with Gasteiger partial charge >= 0.3 is 0 Å². The number of amides is 1. The first-order valence-electron chi connectivity index (χ1n) is 11.1. The van der Waals surface area contributed by atoms with Crippen molar-refractivity contribution in [3.8, 4) is 5.69 Å². The van der Waals surface area contributed by atoms with Crippen molar-refractivity contribution in [3.63, 3.8) is 0 Å². The quantitative estimate of drug-likeness (QED) is 0.594. The first-order chi connectivity index (χ1) is 16.0. The number of carbonyl (C=O) groups is 1. The minimum absolute atomic E-state index is 0.540. The second kappa shape index (κ2) is 8.94. The Morgan fingerprint density at radius 2 is 2.15 bits per heavy atom. The first kappa shape index (κ1) is 21.6. The molecule has 0 fully saturated rings. The maximum absolute atomic E-state index is 12.7. The van der Waals surface area contributed by atoms with Gasteiger partial charge in [-0.3, -0.25) is 4.79 Å². The van der Waals surface area contributed by atoms with E-state index < -0.39 is 18.1 Å². The van der Waals surface area contributed by atoms with Gasteiger partial charge in [0.25, 0.3) is 5.91 Å². The Balaban J connectivity index is 1.24. The Bertz CT molecular complexity index is 1200. The van der Waals surface area contributed by atoms with Crippen LogP contribution in [0.2, 0.25) is 0 Å². The van der Waals surface area contributed by atoms with E-state index in [0.29, 0.717) is 6.42 Å². The number of hydrogen-bond acceptors (Lipinski definition) is 5. The van der Waals surface area contributed by atoms with Crippen LogP contribution in [0.15, 0.2) is 72.2 Å². The number of benzene rings is 1. The molecule has 33 heavy (non-hydrogen) atoms. The third-order valence-corrected chi connectivity index (χ3v) is 7.22. The summed E-state index contributed by atoms with van der Waals surface area (Å²) in [6.45, 7) is 2.66. The predicted octanol–water partition coefficient (Wildman–Crippen LogP) is 4.23. The molecule has 3 heterocycles. The van der Waals surface area contributed by atoms with Gasteiger partial charge in [0.2, 0.25) is 0 Å². The highest BCUT2D eigenvalue weighted by atomic mass is 32.1. The molecule has 6 nitrogen and oxygen atoms in total. The number of thiazole rings is 1. The van der Waals surface area contributed by atoms with Crippen LogP contribution in [0.5, 0.6) is 0 Å². The topological polar surface area (TPSA) is 63.1 Å². The van der Waals surface area contributed by atoms with Crippen molar-refractivity contribution in [2.24, 2.45) is 0 Å². The molecule has 1 N–H and O–H groups in total. The second-order valence-electron chi connectivity index (χ2n) is 8.81. The van der Waals surface area contributed by atoms with E-state index in [9.17, 15) is 9.18 Å². The van der Waals surface area contributed by atoms with Gasteiger partial charge in [-0.15, -0.1) is 11.3 Å². The minimum atomic E-state index is -0.991. The Morgan fingerprint density at radius 1 is 1.30 bits per heavy atom. The number of nitrogens with zero attached hydrogens (tertiary/aromatic N) is 4. The molecule has 0 saturated carbocycles. The highest BCUT2D eigenvalue weighted by Crippen LogP contribution is 2.35. The summed E-state index contributed by atoms with van der Waals surface area (Å²) in [5, 5.41) is 8.10. The number of rotatable bonds is 6. The van der Waals surface area contributed by atoms with E-state index in [1.165, 1.54) is 21.6 Å². The number of anilines is 1. The fourth-order valence-corrected chi connectivity index (χ4v) is 5.49. The molecular formula is C25H26FN5OS. The lowest BCUT2D eigenvalue weighted by Crippen LogP contribution is -2.48. The molecule has 2 aliphatic rings. The van der Waals surface area contributed by atoms with E-state index in [0.717, 1.165) is 36.8 Å². The van der Waals surface area contributed by atoms with E-state index in [1.54, 1.807) is 17.5 Å². The van der Waals surface area contributed by atoms with Crippen LogP contribution in [-0.2, 0) is 11.2 Å². The minimum Gasteiger partial charge on any atom is -0.345 e. The van der Waals surface area contributed by atoms with Crippen LogP contribution in [0, 0.1) is 0 Å². The van der Waals surface area contributed by atoms with Gasteiger partial charge in [0.1, 0.15) is 0 Å². The van der Waals surface area contributed by atoms with Gasteiger partial charge < -0.3 is 10.2 Å². The number of carbonyl (C=O) groups excluding carboxylic acids is 1. The number of alkyl halides is 1. The zero-order valence-electron chi connectivity index (χ0n) is 18.5. The average Bonchev–Trinajstić information content (AvgIpc) is 3.51. The molecule has 8 heteroatoms. The van der Waals surface area contributed by atoms with Gasteiger partial charge in [-0.25, -0.2) is 14.1 Å². The summed E-state index contributed by atoms with van der Waals surface area (Å²) in [7, 11) is 0. The zero-order valence-corrected chi connectivity index (χ0v) is 19.3. The van der Waals surface area contributed by atoms with Crippen molar-refractivity contribution in [2.75, 3.05) is 24.7 Å². The Labute approximate surface area is 196 Å². The van der Waals surface area contributed by atoms with Gasteiger partial charge in [-0.1, -0.05) is 24.3 Å². The summed E-state index contributed by atoms with van der Waals surface area (Å²) >= 11 is 1.73. The lowest BCUT2D eigenvalue weighted by molar-refractivity contribution is -0.123. The summed E-state index contributed by atoms with van der Waals surface area (Å²) in [6, 6.07) is 10.3. The fraction of sp³-hybridized carbons (Fsp3) is 0.320. The van der Waals surface area contributed by atoms with E-state index >= 15 is 0 Å². The smallest absolute Gasteiger partial charge is 0.252 e. The molecule has 1 unspecified atom stereocenters. The lowest BCUT2D eigenvalue weighted by Gasteiger charge is -2.38. The number of nitrogens with one attached hydrogen (secondary N) is 1. The van der Waals surface area contributed by atoms with E-state index in [4.69, 9.17) is 4.98 Å². The van der Waals surface area contributed by atoms with Crippen LogP contribution >= 0.6 is 11.3 Å². The fourth-order valence-electron chi connectivity index (χ4n) is 4.52. The van der Waals surface area contributed by atoms with Gasteiger partial charge in [0, 0.05) is 43.0 Å². The Kier molecular flexibility index (Phi) is 5.85. The predicted molar refractivity (Wildman–Crippen MR) is 129 cm³/mol. The highest BCUT2D eigenvalue weighted by molar-refractivity contribution is 7.15. The lowest BCUT2D eigenvalue weighted by atomic mass is 9.82. The van der Waals surface area contributed by atoms with Crippen LogP contribution in [0.4, 0.5) is 9.52 Å². The van der Waals surface area contributed by atoms with Crippen LogP contribution in [-0.4, -0.2) is 46.0 Å². The summed E-state index contributed by atoms with van der Waals surface area (Å²) in [5.74, 6) is -0.568. The largest absolute Gasteiger partial charge is 0.345 e. The summed E-state index contributed by atoms with van der Waals surface area (Å²) in [6.07, 6.45) is 12.3. The number of allylic oxidation sites excluding steroid dienone is 1. The van der Waals surface area contributed by atoms with Crippen molar-refractivity contribution in [1.29, 1.82) is 0 Å². The normalized spacial score (nSPS) is 20.1. The van der Waals surface area contributed by atoms with E-state index in [2.05, 4.69) is 45.7 Å². The van der Waals surface area contributed by atoms with Crippen LogP contribution in [0.25, 0.3) is 5.69 Å². The molecule has 0 bridgehead atoms. The number of aromatic nitrogens is 3. The average molecular weight is 464 g/mol. The van der Waals surface area contributed by atoms with Crippen molar-refractivity contribution in [3.05, 3.63) is 82.7 Å². The van der Waals surface area contributed by atoms with Crippen molar-refractivity contribution >= 4 is 22.4 Å². The first-order valence-corrected chi connectivity index (χ1v) is 11.9. The van der Waals surface area contributed by atoms with Crippen LogP contribution < -0.4 is 10.2 Å². The number of hydrogen-bond donors (Lipinski definition) is 1. The van der Waals surface area contributed by atoms with Gasteiger partial charge in [-0.05, 0) is 54.7 Å². The molecule has 3 aromatic rings. The third-order valence-electron chi connectivity index (χ3n) is 6.16. The molecule has 1 aliphatic carbocycles. The van der Waals surface area contributed by atoms with Crippen molar-refractivity contribution < 1.29 is 9.18 Å². The molecule has 0 radical (unpaired) electrons.